The van der Waals surface area contributed by atoms with Crippen molar-refractivity contribution >= 4 is 0 Å². The van der Waals surface area contributed by atoms with Gasteiger partial charge < -0.3 is 24.2 Å². The SMILES string of the molecule is CN1CC(C)([C@@](O)(c2ccc(OC(F)(F)F)cc2)c2ccc3c(c2)OC(F)(F)O3)C1. The van der Waals surface area contributed by atoms with Crippen LogP contribution in [-0.2, 0) is 5.60 Å². The summed E-state index contributed by atoms with van der Waals surface area (Å²) in [6, 6.07) is 8.81. The summed E-state index contributed by atoms with van der Waals surface area (Å²) in [5.41, 5.74) is -1.91. The molecule has 162 valence electrons. The van der Waals surface area contributed by atoms with Crippen molar-refractivity contribution in [2.45, 2.75) is 25.2 Å². The number of hydrogen-bond donors (Lipinski definition) is 1. The van der Waals surface area contributed by atoms with Gasteiger partial charge in [-0.05, 0) is 42.4 Å². The number of likely N-dealkylation sites (tertiary alicyclic amines) is 1. The number of halogens is 5. The van der Waals surface area contributed by atoms with E-state index in [0.29, 0.717) is 18.7 Å². The maximum absolute atomic E-state index is 13.4. The number of aliphatic hydroxyl groups is 1. The highest BCUT2D eigenvalue weighted by atomic mass is 19.4. The van der Waals surface area contributed by atoms with Gasteiger partial charge in [-0.25, -0.2) is 0 Å². The highest BCUT2D eigenvalue weighted by Gasteiger charge is 2.56. The van der Waals surface area contributed by atoms with Crippen molar-refractivity contribution in [3.63, 3.8) is 0 Å². The lowest BCUT2D eigenvalue weighted by molar-refractivity contribution is -0.286. The quantitative estimate of drug-likeness (QED) is 0.739. The Balaban J connectivity index is 1.76. The van der Waals surface area contributed by atoms with Crippen LogP contribution < -0.4 is 14.2 Å². The van der Waals surface area contributed by atoms with Crippen LogP contribution in [0.4, 0.5) is 22.0 Å². The molecule has 0 bridgehead atoms. The number of ether oxygens (including phenoxy) is 3. The van der Waals surface area contributed by atoms with E-state index in [1.165, 1.54) is 30.3 Å². The second-order valence-electron chi connectivity index (χ2n) is 7.84. The van der Waals surface area contributed by atoms with E-state index in [9.17, 15) is 27.1 Å². The van der Waals surface area contributed by atoms with Gasteiger partial charge >= 0.3 is 12.7 Å². The molecule has 30 heavy (non-hydrogen) atoms. The Hall–Kier alpha value is -2.59. The zero-order valence-electron chi connectivity index (χ0n) is 16.0. The summed E-state index contributed by atoms with van der Waals surface area (Å²) in [6.07, 6.45) is -8.65. The monoisotopic (exact) mass is 431 g/mol. The van der Waals surface area contributed by atoms with Crippen LogP contribution in [0, 0.1) is 5.41 Å². The Labute approximate surface area is 168 Å². The molecule has 2 aliphatic rings. The summed E-state index contributed by atoms with van der Waals surface area (Å²) in [5, 5.41) is 11.9. The number of rotatable bonds is 4. The second kappa shape index (κ2) is 6.45. The second-order valence-corrected chi connectivity index (χ2v) is 7.84. The van der Waals surface area contributed by atoms with E-state index >= 15 is 0 Å². The van der Waals surface area contributed by atoms with Gasteiger partial charge in [-0.1, -0.05) is 25.1 Å². The zero-order valence-corrected chi connectivity index (χ0v) is 16.0. The van der Waals surface area contributed by atoms with Crippen molar-refractivity contribution in [1.82, 2.24) is 4.90 Å². The van der Waals surface area contributed by atoms with E-state index < -0.39 is 29.4 Å². The summed E-state index contributed by atoms with van der Waals surface area (Å²) in [5.74, 6) is -0.838. The number of alkyl halides is 5. The first-order chi connectivity index (χ1) is 13.8. The Kier molecular flexibility index (Phi) is 4.45. The molecule has 0 radical (unpaired) electrons. The van der Waals surface area contributed by atoms with Gasteiger partial charge in [0, 0.05) is 18.5 Å². The van der Waals surface area contributed by atoms with Crippen molar-refractivity contribution in [3.8, 4) is 17.2 Å². The molecule has 0 unspecified atom stereocenters. The van der Waals surface area contributed by atoms with E-state index in [2.05, 4.69) is 14.2 Å². The van der Waals surface area contributed by atoms with Gasteiger partial charge in [-0.15, -0.1) is 22.0 Å². The lowest BCUT2D eigenvalue weighted by Crippen LogP contribution is -2.63. The third-order valence-corrected chi connectivity index (χ3v) is 5.44. The van der Waals surface area contributed by atoms with Crippen molar-refractivity contribution in [3.05, 3.63) is 53.6 Å². The molecule has 0 aromatic heterocycles. The van der Waals surface area contributed by atoms with Gasteiger partial charge in [0.2, 0.25) is 0 Å². The first-order valence-electron chi connectivity index (χ1n) is 8.99. The fourth-order valence-corrected chi connectivity index (χ4v) is 4.31. The van der Waals surface area contributed by atoms with Crippen LogP contribution in [-0.4, -0.2) is 42.8 Å². The standard InChI is InChI=1S/C20H18F5NO4/c1-17(10-26(2)11-17)18(27,12-3-6-14(7-4-12)28-19(21,22)23)13-5-8-15-16(9-13)30-20(24,25)29-15/h3-9,27H,10-11H2,1-2H3/t18-/m1/s1. The molecule has 4 rings (SSSR count). The maximum Gasteiger partial charge on any atom is 0.586 e. The summed E-state index contributed by atoms with van der Waals surface area (Å²) in [6.45, 7) is 2.75. The topological polar surface area (TPSA) is 51.2 Å². The fraction of sp³-hybridized carbons (Fsp3) is 0.400. The molecule has 1 saturated heterocycles. The van der Waals surface area contributed by atoms with Crippen molar-refractivity contribution < 1.29 is 41.3 Å². The van der Waals surface area contributed by atoms with Crippen molar-refractivity contribution in [2.75, 3.05) is 20.1 Å². The Bertz CT molecular complexity index is 957. The smallest absolute Gasteiger partial charge is 0.406 e. The molecule has 0 aliphatic carbocycles. The molecule has 0 amide bonds. The molecule has 2 aromatic rings. The van der Waals surface area contributed by atoms with Gasteiger partial charge in [0.15, 0.2) is 11.5 Å². The largest absolute Gasteiger partial charge is 0.586 e. The highest BCUT2D eigenvalue weighted by molar-refractivity contribution is 5.51. The number of hydrogen-bond acceptors (Lipinski definition) is 5. The van der Waals surface area contributed by atoms with Crippen LogP contribution in [0.5, 0.6) is 17.2 Å². The average Bonchev–Trinajstić information content (AvgIpc) is 2.91. The summed E-state index contributed by atoms with van der Waals surface area (Å²) >= 11 is 0. The van der Waals surface area contributed by atoms with Crippen LogP contribution in [0.1, 0.15) is 18.1 Å². The highest BCUT2D eigenvalue weighted by Crippen LogP contribution is 2.52. The van der Waals surface area contributed by atoms with Crippen LogP contribution in [0.25, 0.3) is 0 Å². The summed E-state index contributed by atoms with van der Waals surface area (Å²) in [4.78, 5) is 1.95. The van der Waals surface area contributed by atoms with E-state index in [1.54, 1.807) is 0 Å². The first kappa shape index (κ1) is 20.7. The predicted molar refractivity (Wildman–Crippen MR) is 94.4 cm³/mol. The molecule has 0 saturated carbocycles. The molecule has 2 aromatic carbocycles. The van der Waals surface area contributed by atoms with E-state index in [0.717, 1.165) is 12.1 Å². The summed E-state index contributed by atoms with van der Waals surface area (Å²) < 4.78 is 77.0. The van der Waals surface area contributed by atoms with Gasteiger partial charge in [-0.2, -0.15) is 0 Å². The van der Waals surface area contributed by atoms with Gasteiger partial charge in [0.05, 0.1) is 0 Å². The normalized spacial score (nSPS) is 21.6. The molecular weight excluding hydrogens is 413 g/mol. The Morgan fingerprint density at radius 3 is 2.10 bits per heavy atom. The van der Waals surface area contributed by atoms with Gasteiger partial charge in [0.25, 0.3) is 0 Å². The molecule has 1 fully saturated rings. The minimum Gasteiger partial charge on any atom is -0.406 e. The molecular formula is C20H18F5NO4. The zero-order chi connectivity index (χ0) is 21.9. The lowest BCUT2D eigenvalue weighted by atomic mass is 9.62. The van der Waals surface area contributed by atoms with Crippen LogP contribution in [0.2, 0.25) is 0 Å². The number of fused-ring (bicyclic) bond motifs is 1. The molecule has 2 aliphatic heterocycles. The van der Waals surface area contributed by atoms with Crippen LogP contribution in [0.15, 0.2) is 42.5 Å². The summed E-state index contributed by atoms with van der Waals surface area (Å²) in [7, 11) is 1.85. The Morgan fingerprint density at radius 1 is 0.967 bits per heavy atom. The van der Waals surface area contributed by atoms with E-state index in [4.69, 9.17) is 0 Å². The Morgan fingerprint density at radius 2 is 1.53 bits per heavy atom. The molecule has 0 spiro atoms. The minimum absolute atomic E-state index is 0.170. The third-order valence-electron chi connectivity index (χ3n) is 5.44. The lowest BCUT2D eigenvalue weighted by Gasteiger charge is -2.56. The van der Waals surface area contributed by atoms with Gasteiger partial charge in [-0.3, -0.25) is 0 Å². The number of benzene rings is 2. The van der Waals surface area contributed by atoms with Crippen LogP contribution in [0.3, 0.4) is 0 Å². The molecule has 5 nitrogen and oxygen atoms in total. The first-order valence-corrected chi connectivity index (χ1v) is 8.99. The van der Waals surface area contributed by atoms with Crippen molar-refractivity contribution in [1.29, 1.82) is 0 Å². The minimum atomic E-state index is -4.84. The number of nitrogens with zero attached hydrogens (tertiary/aromatic N) is 1. The fourth-order valence-electron chi connectivity index (χ4n) is 4.31. The van der Waals surface area contributed by atoms with E-state index in [1.807, 2.05) is 18.9 Å². The third kappa shape index (κ3) is 3.43. The van der Waals surface area contributed by atoms with E-state index in [-0.39, 0.29) is 17.1 Å². The molecule has 1 atom stereocenters. The molecule has 10 heteroatoms. The maximum atomic E-state index is 13.4. The van der Waals surface area contributed by atoms with Crippen molar-refractivity contribution in [2.24, 2.45) is 5.41 Å². The predicted octanol–water partition coefficient (Wildman–Crippen LogP) is 4.09. The van der Waals surface area contributed by atoms with Crippen LogP contribution >= 0.6 is 0 Å². The molecule has 1 N–H and O–H groups in total. The van der Waals surface area contributed by atoms with Gasteiger partial charge in [0.1, 0.15) is 11.4 Å². The average molecular weight is 431 g/mol. The molecule has 2 heterocycles.